The van der Waals surface area contributed by atoms with Gasteiger partial charge >= 0.3 is 5.97 Å². The highest BCUT2D eigenvalue weighted by Crippen LogP contribution is 2.21. The lowest BCUT2D eigenvalue weighted by molar-refractivity contribution is 0.0689. The molecule has 2 aromatic heterocycles. The molecule has 2 N–H and O–H groups in total. The molecule has 0 amide bonds. The molecule has 15 heavy (non-hydrogen) atoms. The van der Waals surface area contributed by atoms with Crippen LogP contribution in [0.1, 0.15) is 16.1 Å². The third kappa shape index (κ3) is 1.59. The molecule has 0 atom stereocenters. The maximum absolute atomic E-state index is 10.8. The summed E-state index contributed by atoms with van der Waals surface area (Å²) in [4.78, 5) is 14.7. The average Bonchev–Trinajstić information content (AvgIpc) is 2.61. The first-order chi connectivity index (χ1) is 7.20. The van der Waals surface area contributed by atoms with Crippen molar-refractivity contribution in [1.29, 1.82) is 0 Å². The fraction of sp³-hybridized carbons (Fsp3) is 0.100. The molecule has 0 saturated carbocycles. The van der Waals surface area contributed by atoms with E-state index in [0.29, 0.717) is 11.3 Å². The van der Waals surface area contributed by atoms with Crippen LogP contribution in [0, 0.1) is 6.92 Å². The molecule has 0 unspecified atom stereocenters. The van der Waals surface area contributed by atoms with Crippen molar-refractivity contribution in [3.63, 3.8) is 0 Å². The fourth-order valence-electron chi connectivity index (χ4n) is 1.39. The molecule has 0 aromatic carbocycles. The number of pyridine rings is 1. The summed E-state index contributed by atoms with van der Waals surface area (Å²) in [5.74, 6) is -1.00. The molecular formula is C10H9N3O2. The lowest BCUT2D eigenvalue weighted by atomic mass is 10.1. The number of aromatic amines is 1. The van der Waals surface area contributed by atoms with Gasteiger partial charge in [-0.05, 0) is 19.1 Å². The van der Waals surface area contributed by atoms with Crippen molar-refractivity contribution in [1.82, 2.24) is 15.2 Å². The molecule has 0 aliphatic rings. The second kappa shape index (κ2) is 3.53. The maximum Gasteiger partial charge on any atom is 0.354 e. The number of nitrogens with one attached hydrogen (secondary N) is 1. The number of hydrogen-bond donors (Lipinski definition) is 2. The zero-order chi connectivity index (χ0) is 10.8. The topological polar surface area (TPSA) is 78.9 Å². The maximum atomic E-state index is 10.8. The van der Waals surface area contributed by atoms with E-state index in [0.717, 1.165) is 5.56 Å². The highest BCUT2D eigenvalue weighted by atomic mass is 16.4. The molecule has 0 spiro atoms. The molecule has 2 heterocycles. The summed E-state index contributed by atoms with van der Waals surface area (Å²) in [5.41, 5.74) is 2.17. The Kier molecular flexibility index (Phi) is 2.21. The van der Waals surface area contributed by atoms with Gasteiger partial charge in [-0.2, -0.15) is 5.10 Å². The molecule has 5 nitrogen and oxygen atoms in total. The van der Waals surface area contributed by atoms with E-state index in [9.17, 15) is 4.79 Å². The Morgan fingerprint density at radius 2 is 2.33 bits per heavy atom. The van der Waals surface area contributed by atoms with Gasteiger partial charge in [0.05, 0.1) is 5.69 Å². The predicted molar refractivity (Wildman–Crippen MR) is 53.5 cm³/mol. The molecule has 0 bridgehead atoms. The van der Waals surface area contributed by atoms with Crippen molar-refractivity contribution in [3.05, 3.63) is 35.8 Å². The number of H-pyrrole nitrogens is 1. The third-order valence-corrected chi connectivity index (χ3v) is 2.16. The van der Waals surface area contributed by atoms with E-state index in [2.05, 4.69) is 15.2 Å². The number of carboxylic acids is 1. The smallest absolute Gasteiger partial charge is 0.354 e. The van der Waals surface area contributed by atoms with Gasteiger partial charge in [0.25, 0.3) is 0 Å². The normalized spacial score (nSPS) is 10.2. The van der Waals surface area contributed by atoms with Crippen molar-refractivity contribution >= 4 is 5.97 Å². The highest BCUT2D eigenvalue weighted by molar-refractivity contribution is 5.89. The van der Waals surface area contributed by atoms with Crippen molar-refractivity contribution in [2.45, 2.75) is 6.92 Å². The first-order valence-electron chi connectivity index (χ1n) is 4.39. The summed E-state index contributed by atoms with van der Waals surface area (Å²) in [6, 6.07) is 3.62. The molecule has 2 aromatic rings. The summed E-state index contributed by atoms with van der Waals surface area (Å²) in [6.07, 6.45) is 3.30. The average molecular weight is 203 g/mol. The number of aromatic nitrogens is 3. The summed E-state index contributed by atoms with van der Waals surface area (Å²) in [7, 11) is 0. The van der Waals surface area contributed by atoms with Crippen LogP contribution in [-0.2, 0) is 0 Å². The number of aromatic carboxylic acids is 1. The van der Waals surface area contributed by atoms with E-state index in [-0.39, 0.29) is 5.69 Å². The van der Waals surface area contributed by atoms with Crippen LogP contribution in [-0.4, -0.2) is 26.3 Å². The van der Waals surface area contributed by atoms with Crippen LogP contribution in [0.15, 0.2) is 24.5 Å². The number of carboxylic acid groups (broad SMARTS) is 1. The molecule has 0 radical (unpaired) electrons. The van der Waals surface area contributed by atoms with Gasteiger partial charge in [0.1, 0.15) is 5.69 Å². The van der Waals surface area contributed by atoms with Gasteiger partial charge in [-0.3, -0.25) is 10.1 Å². The summed E-state index contributed by atoms with van der Waals surface area (Å²) in [6.45, 7) is 1.72. The van der Waals surface area contributed by atoms with Crippen LogP contribution in [0.4, 0.5) is 0 Å². The quantitative estimate of drug-likeness (QED) is 0.774. The van der Waals surface area contributed by atoms with Gasteiger partial charge in [-0.1, -0.05) is 0 Å². The highest BCUT2D eigenvalue weighted by Gasteiger charge is 2.15. The van der Waals surface area contributed by atoms with E-state index < -0.39 is 5.97 Å². The zero-order valence-electron chi connectivity index (χ0n) is 8.06. The second-order valence-electron chi connectivity index (χ2n) is 3.12. The minimum Gasteiger partial charge on any atom is -0.477 e. The Bertz CT molecular complexity index is 491. The first kappa shape index (κ1) is 9.39. The van der Waals surface area contributed by atoms with Crippen LogP contribution in [0.25, 0.3) is 11.3 Å². The monoisotopic (exact) mass is 203 g/mol. The minimum atomic E-state index is -1.00. The van der Waals surface area contributed by atoms with Gasteiger partial charge in [-0.15, -0.1) is 0 Å². The van der Waals surface area contributed by atoms with Crippen molar-refractivity contribution in [3.8, 4) is 11.3 Å². The minimum absolute atomic E-state index is 0.119. The van der Waals surface area contributed by atoms with Crippen LogP contribution >= 0.6 is 0 Å². The van der Waals surface area contributed by atoms with E-state index >= 15 is 0 Å². The SMILES string of the molecule is Cc1c(-c2cccnc2)n[nH]c1C(=O)O. The van der Waals surface area contributed by atoms with Crippen molar-refractivity contribution in [2.24, 2.45) is 0 Å². The summed E-state index contributed by atoms with van der Waals surface area (Å²) >= 11 is 0. The zero-order valence-corrected chi connectivity index (χ0v) is 8.06. The van der Waals surface area contributed by atoms with Gasteiger partial charge in [-0.25, -0.2) is 4.79 Å². The third-order valence-electron chi connectivity index (χ3n) is 2.16. The molecule has 0 aliphatic carbocycles. The predicted octanol–water partition coefficient (Wildman–Crippen LogP) is 1.48. The molecular weight excluding hydrogens is 194 g/mol. The molecule has 76 valence electrons. The van der Waals surface area contributed by atoms with Crippen LogP contribution < -0.4 is 0 Å². The Morgan fingerprint density at radius 3 is 2.87 bits per heavy atom. The van der Waals surface area contributed by atoms with Crippen LogP contribution in [0.3, 0.4) is 0 Å². The molecule has 0 aliphatic heterocycles. The Hall–Kier alpha value is -2.17. The molecule has 5 heteroatoms. The molecule has 2 rings (SSSR count). The summed E-state index contributed by atoms with van der Waals surface area (Å²) in [5, 5.41) is 15.3. The lowest BCUT2D eigenvalue weighted by Gasteiger charge is -1.96. The molecule has 0 fully saturated rings. The summed E-state index contributed by atoms with van der Waals surface area (Å²) < 4.78 is 0. The number of hydrogen-bond acceptors (Lipinski definition) is 3. The van der Waals surface area contributed by atoms with Gasteiger partial charge in [0, 0.05) is 23.5 Å². The van der Waals surface area contributed by atoms with E-state index in [4.69, 9.17) is 5.11 Å². The van der Waals surface area contributed by atoms with Gasteiger partial charge < -0.3 is 5.11 Å². The van der Waals surface area contributed by atoms with Gasteiger partial charge in [0.15, 0.2) is 0 Å². The largest absolute Gasteiger partial charge is 0.477 e. The van der Waals surface area contributed by atoms with Crippen LogP contribution in [0.5, 0.6) is 0 Å². The lowest BCUT2D eigenvalue weighted by Crippen LogP contribution is -1.98. The number of carbonyl (C=O) groups is 1. The van der Waals surface area contributed by atoms with E-state index in [1.54, 1.807) is 25.4 Å². The Balaban J connectivity index is 2.52. The van der Waals surface area contributed by atoms with Crippen LogP contribution in [0.2, 0.25) is 0 Å². The van der Waals surface area contributed by atoms with E-state index in [1.165, 1.54) is 0 Å². The Morgan fingerprint density at radius 1 is 1.53 bits per heavy atom. The number of nitrogens with zero attached hydrogens (tertiary/aromatic N) is 2. The van der Waals surface area contributed by atoms with Crippen molar-refractivity contribution in [2.75, 3.05) is 0 Å². The fourth-order valence-corrected chi connectivity index (χ4v) is 1.39. The number of rotatable bonds is 2. The molecule has 0 saturated heterocycles. The Labute approximate surface area is 85.8 Å². The van der Waals surface area contributed by atoms with Crippen molar-refractivity contribution < 1.29 is 9.90 Å². The standard InChI is InChI=1S/C10H9N3O2/c1-6-8(7-3-2-4-11-5-7)12-13-9(6)10(14)15/h2-5H,1H3,(H,12,13)(H,14,15). The first-order valence-corrected chi connectivity index (χ1v) is 4.39. The van der Waals surface area contributed by atoms with E-state index in [1.807, 2.05) is 6.07 Å². The van der Waals surface area contributed by atoms with Gasteiger partial charge in [0.2, 0.25) is 0 Å². The second-order valence-corrected chi connectivity index (χ2v) is 3.12.